The summed E-state index contributed by atoms with van der Waals surface area (Å²) in [6.07, 6.45) is 7.54. The van der Waals surface area contributed by atoms with Crippen LogP contribution in [0.5, 0.6) is 0 Å². The van der Waals surface area contributed by atoms with Crippen molar-refractivity contribution in [3.8, 4) is 0 Å². The molecular weight excluding hydrogens is 608 g/mol. The fourth-order valence-electron chi connectivity index (χ4n) is 5.74. The molecule has 2 aliphatic heterocycles. The van der Waals surface area contributed by atoms with Crippen LogP contribution in [0.3, 0.4) is 0 Å². The van der Waals surface area contributed by atoms with Crippen molar-refractivity contribution in [2.24, 2.45) is 11.7 Å². The quantitative estimate of drug-likeness (QED) is 0.442. The molecule has 2 N–H and O–H groups in total. The van der Waals surface area contributed by atoms with Crippen molar-refractivity contribution in [1.82, 2.24) is 14.8 Å². The number of carbonyl (C=O) groups excluding carboxylic acids is 2. The third-order valence-electron chi connectivity index (χ3n) is 7.68. The Labute approximate surface area is 233 Å². The summed E-state index contributed by atoms with van der Waals surface area (Å²) in [7, 11) is 0. The van der Waals surface area contributed by atoms with Crippen LogP contribution in [0.4, 0.5) is 4.79 Å². The third kappa shape index (κ3) is 5.36. The molecule has 6 nitrogen and oxygen atoms in total. The standard InChI is InChI=1S/C27H29Br2ClN4O2/c28-20-12-19-2-1-18-13-21(30)14-22(29)24(18)25(26(19)32-15-20)17-5-9-33(10-6-17)23(35)11-16-3-7-34(8-4-16)27(31)36/h12-16H,1-11H2,(H2,31,36). The van der Waals surface area contributed by atoms with Gasteiger partial charge in [0.1, 0.15) is 0 Å². The first-order chi connectivity index (χ1) is 17.3. The summed E-state index contributed by atoms with van der Waals surface area (Å²) in [4.78, 5) is 33.0. The van der Waals surface area contributed by atoms with Gasteiger partial charge >= 0.3 is 6.03 Å². The number of nitrogens with two attached hydrogens (primary N) is 1. The van der Waals surface area contributed by atoms with E-state index in [9.17, 15) is 9.59 Å². The molecule has 1 aliphatic carbocycles. The summed E-state index contributed by atoms with van der Waals surface area (Å²) >= 11 is 13.8. The Bertz CT molecular complexity index is 1230. The van der Waals surface area contributed by atoms with Crippen LogP contribution < -0.4 is 5.73 Å². The maximum Gasteiger partial charge on any atom is 0.314 e. The SMILES string of the molecule is NC(=O)N1CCC(CC(=O)N2CCC(=C3c4ncc(Br)cc4CCc4cc(Cl)cc(Br)c43)CC2)CC1. The number of fused-ring (bicyclic) bond motifs is 2. The number of carbonyl (C=O) groups is 2. The second-order valence-corrected chi connectivity index (χ2v) is 12.1. The highest BCUT2D eigenvalue weighted by Gasteiger charge is 2.30. The summed E-state index contributed by atoms with van der Waals surface area (Å²) in [5.74, 6) is 0.532. The number of hydrogen-bond donors (Lipinski definition) is 1. The number of primary amides is 1. The highest BCUT2D eigenvalue weighted by atomic mass is 79.9. The zero-order valence-corrected chi connectivity index (χ0v) is 24.0. The molecule has 0 spiro atoms. The van der Waals surface area contributed by atoms with Crippen LogP contribution in [0.25, 0.3) is 5.57 Å². The summed E-state index contributed by atoms with van der Waals surface area (Å²) < 4.78 is 1.97. The fraction of sp³-hybridized carbons (Fsp3) is 0.444. The van der Waals surface area contributed by atoms with E-state index in [1.807, 2.05) is 17.2 Å². The molecule has 0 bridgehead atoms. The van der Waals surface area contributed by atoms with Crippen LogP contribution in [-0.4, -0.2) is 52.9 Å². The molecule has 1 aromatic heterocycles. The number of halogens is 3. The first-order valence-corrected chi connectivity index (χ1v) is 14.4. The number of benzene rings is 1. The van der Waals surface area contributed by atoms with Gasteiger partial charge in [-0.3, -0.25) is 9.78 Å². The summed E-state index contributed by atoms with van der Waals surface area (Å²) in [6.45, 7) is 2.71. The summed E-state index contributed by atoms with van der Waals surface area (Å²) in [5, 5.41) is 0.729. The average molecular weight is 637 g/mol. The summed E-state index contributed by atoms with van der Waals surface area (Å²) in [5.41, 5.74) is 12.6. The lowest BCUT2D eigenvalue weighted by Crippen LogP contribution is -2.43. The third-order valence-corrected chi connectivity index (χ3v) is 8.96. The Balaban J connectivity index is 1.37. The number of pyridine rings is 1. The minimum atomic E-state index is -0.367. The highest BCUT2D eigenvalue weighted by molar-refractivity contribution is 9.10. The number of urea groups is 1. The number of hydrogen-bond acceptors (Lipinski definition) is 3. The maximum absolute atomic E-state index is 13.1. The van der Waals surface area contributed by atoms with E-state index >= 15 is 0 Å². The van der Waals surface area contributed by atoms with Crippen LogP contribution in [0.2, 0.25) is 5.02 Å². The van der Waals surface area contributed by atoms with E-state index in [2.05, 4.69) is 44.0 Å². The van der Waals surface area contributed by atoms with E-state index in [1.54, 1.807) is 4.90 Å². The number of aromatic nitrogens is 1. The lowest BCUT2D eigenvalue weighted by atomic mass is 9.88. The molecule has 2 saturated heterocycles. The molecule has 0 unspecified atom stereocenters. The van der Waals surface area contributed by atoms with Crippen molar-refractivity contribution in [3.05, 3.63) is 66.3 Å². The van der Waals surface area contributed by atoms with Crippen LogP contribution in [-0.2, 0) is 17.6 Å². The Hall–Kier alpha value is -1.90. The summed E-state index contributed by atoms with van der Waals surface area (Å²) in [6, 6.07) is 5.85. The normalized spacial score (nSPS) is 18.5. The van der Waals surface area contributed by atoms with Crippen molar-refractivity contribution in [3.63, 3.8) is 0 Å². The molecule has 3 aliphatic rings. The van der Waals surface area contributed by atoms with Gasteiger partial charge in [0.25, 0.3) is 0 Å². The Morgan fingerprint density at radius 2 is 1.67 bits per heavy atom. The predicted octanol–water partition coefficient (Wildman–Crippen LogP) is 5.96. The maximum atomic E-state index is 13.1. The van der Waals surface area contributed by atoms with Crippen LogP contribution >= 0.6 is 43.5 Å². The molecule has 5 rings (SSSR count). The Morgan fingerprint density at radius 1 is 0.972 bits per heavy atom. The van der Waals surface area contributed by atoms with Gasteiger partial charge in [-0.05, 0) is 89.7 Å². The second kappa shape index (κ2) is 10.8. The van der Waals surface area contributed by atoms with Crippen molar-refractivity contribution in [2.75, 3.05) is 26.2 Å². The van der Waals surface area contributed by atoms with Gasteiger partial charge in [0.05, 0.1) is 5.69 Å². The van der Waals surface area contributed by atoms with Crippen molar-refractivity contribution in [1.29, 1.82) is 0 Å². The van der Waals surface area contributed by atoms with Crippen LogP contribution in [0.15, 0.2) is 38.9 Å². The minimum Gasteiger partial charge on any atom is -0.351 e. The molecule has 2 fully saturated rings. The highest BCUT2D eigenvalue weighted by Crippen LogP contribution is 2.42. The number of amides is 3. The molecule has 190 valence electrons. The zero-order chi connectivity index (χ0) is 25.4. The molecule has 9 heteroatoms. The fourth-order valence-corrected chi connectivity index (χ4v) is 7.19. The van der Waals surface area contributed by atoms with Crippen molar-refractivity contribution < 1.29 is 9.59 Å². The van der Waals surface area contributed by atoms with E-state index in [4.69, 9.17) is 22.3 Å². The monoisotopic (exact) mass is 634 g/mol. The molecule has 3 heterocycles. The van der Waals surface area contributed by atoms with Gasteiger partial charge in [-0.15, -0.1) is 0 Å². The molecule has 0 atom stereocenters. The number of likely N-dealkylation sites (tertiary alicyclic amines) is 2. The van der Waals surface area contributed by atoms with Crippen molar-refractivity contribution >= 4 is 61.0 Å². The lowest BCUT2D eigenvalue weighted by Gasteiger charge is -2.34. The van der Waals surface area contributed by atoms with Crippen LogP contribution in [0.1, 0.15) is 54.5 Å². The Kier molecular flexibility index (Phi) is 7.75. The van der Waals surface area contributed by atoms with Gasteiger partial charge in [0.15, 0.2) is 0 Å². The number of piperidine rings is 2. The lowest BCUT2D eigenvalue weighted by molar-refractivity contribution is -0.132. The van der Waals surface area contributed by atoms with Crippen LogP contribution in [0, 0.1) is 5.92 Å². The van der Waals surface area contributed by atoms with E-state index < -0.39 is 0 Å². The number of nitrogens with zero attached hydrogens (tertiary/aromatic N) is 3. The first-order valence-electron chi connectivity index (χ1n) is 12.5. The second-order valence-electron chi connectivity index (χ2n) is 9.92. The Morgan fingerprint density at radius 3 is 2.36 bits per heavy atom. The van der Waals surface area contributed by atoms with Gasteiger partial charge in [0, 0.05) is 63.9 Å². The van der Waals surface area contributed by atoms with E-state index in [0.29, 0.717) is 38.5 Å². The average Bonchev–Trinajstić information content (AvgIpc) is 3.01. The predicted molar refractivity (Wildman–Crippen MR) is 149 cm³/mol. The van der Waals surface area contributed by atoms with E-state index in [1.165, 1.54) is 27.8 Å². The topological polar surface area (TPSA) is 79.5 Å². The molecule has 0 saturated carbocycles. The van der Waals surface area contributed by atoms with Gasteiger partial charge < -0.3 is 15.5 Å². The minimum absolute atomic E-state index is 0.216. The first kappa shape index (κ1) is 25.7. The zero-order valence-electron chi connectivity index (χ0n) is 20.0. The van der Waals surface area contributed by atoms with Gasteiger partial charge in [-0.25, -0.2) is 4.79 Å². The van der Waals surface area contributed by atoms with E-state index in [-0.39, 0.29) is 11.9 Å². The number of rotatable bonds is 2. The number of aryl methyl sites for hydroxylation is 2. The molecule has 3 amide bonds. The van der Waals surface area contributed by atoms with Gasteiger partial charge in [-0.2, -0.15) is 0 Å². The molecule has 1 aromatic carbocycles. The molecule has 0 radical (unpaired) electrons. The molecule has 36 heavy (non-hydrogen) atoms. The van der Waals surface area contributed by atoms with Crippen molar-refractivity contribution in [2.45, 2.75) is 44.9 Å². The van der Waals surface area contributed by atoms with Gasteiger partial charge in [-0.1, -0.05) is 33.1 Å². The largest absolute Gasteiger partial charge is 0.351 e. The van der Waals surface area contributed by atoms with Gasteiger partial charge in [0.2, 0.25) is 5.91 Å². The van der Waals surface area contributed by atoms with E-state index in [0.717, 1.165) is 58.2 Å². The smallest absolute Gasteiger partial charge is 0.314 e. The molecular formula is C27H29Br2ClN4O2. The molecule has 2 aromatic rings.